The Morgan fingerprint density at radius 1 is 1.23 bits per heavy atom. The number of hydrogen-bond donors (Lipinski definition) is 1. The van der Waals surface area contributed by atoms with E-state index in [1.165, 1.54) is 11.3 Å². The quantitative estimate of drug-likeness (QED) is 0.322. The average molecular weight is 715 g/mol. The lowest BCUT2D eigenvalue weighted by Crippen LogP contribution is -2.39. The zero-order chi connectivity index (χ0) is 25.4. The van der Waals surface area contributed by atoms with Gasteiger partial charge in [0.05, 0.1) is 35.6 Å². The number of benzene rings is 2. The number of thiazole rings is 1. The van der Waals surface area contributed by atoms with Crippen LogP contribution in [0.25, 0.3) is 6.08 Å². The van der Waals surface area contributed by atoms with Crippen molar-refractivity contribution in [2.75, 3.05) is 25.6 Å². The second-order valence-corrected chi connectivity index (χ2v) is 11.5. The van der Waals surface area contributed by atoms with Crippen LogP contribution in [0.3, 0.4) is 0 Å². The van der Waals surface area contributed by atoms with Crippen molar-refractivity contribution in [2.45, 2.75) is 19.9 Å². The third-order valence-corrected chi connectivity index (χ3v) is 8.21. The molecule has 0 amide bonds. The molecule has 1 aliphatic heterocycles. The lowest BCUT2D eigenvalue weighted by atomic mass is 9.95. The Bertz CT molecular complexity index is 1500. The molecule has 0 aliphatic carbocycles. The molecule has 182 valence electrons. The van der Waals surface area contributed by atoms with Gasteiger partial charge in [0.2, 0.25) is 0 Å². The molecule has 3 aromatic rings. The highest BCUT2D eigenvalue weighted by Gasteiger charge is 2.33. The number of nitrogens with zero attached hydrogens (tertiary/aromatic N) is 3. The van der Waals surface area contributed by atoms with E-state index < -0.39 is 12.0 Å². The number of rotatable bonds is 5. The van der Waals surface area contributed by atoms with Crippen LogP contribution in [0.4, 0.5) is 5.69 Å². The van der Waals surface area contributed by atoms with Crippen LogP contribution in [-0.2, 0) is 9.53 Å². The van der Waals surface area contributed by atoms with E-state index in [4.69, 9.17) is 4.74 Å². The molecule has 35 heavy (non-hydrogen) atoms. The number of esters is 1. The largest absolute Gasteiger partial charge is 0.506 e. The van der Waals surface area contributed by atoms with Gasteiger partial charge >= 0.3 is 5.97 Å². The maximum absolute atomic E-state index is 13.7. The van der Waals surface area contributed by atoms with E-state index >= 15 is 0 Å². The van der Waals surface area contributed by atoms with E-state index in [2.05, 4.69) is 50.2 Å². The van der Waals surface area contributed by atoms with Crippen LogP contribution < -0.4 is 19.8 Å². The molecule has 0 radical (unpaired) electrons. The number of carbonyl (C=O) groups excluding carboxylic acids is 1. The van der Waals surface area contributed by atoms with Gasteiger partial charge < -0.3 is 14.7 Å². The number of phenols is 1. The summed E-state index contributed by atoms with van der Waals surface area (Å²) in [6.07, 6.45) is 1.79. The maximum Gasteiger partial charge on any atom is 0.338 e. The van der Waals surface area contributed by atoms with Gasteiger partial charge in [-0.15, -0.1) is 0 Å². The summed E-state index contributed by atoms with van der Waals surface area (Å²) in [5.41, 5.74) is 3.27. The van der Waals surface area contributed by atoms with Gasteiger partial charge in [-0.05, 0) is 100 Å². The Labute approximate surface area is 233 Å². The predicted molar refractivity (Wildman–Crippen MR) is 155 cm³/mol. The van der Waals surface area contributed by atoms with Crippen LogP contribution in [0.1, 0.15) is 31.0 Å². The number of carbonyl (C=O) groups is 1. The Hall–Kier alpha value is -2.19. The van der Waals surface area contributed by atoms with Crippen molar-refractivity contribution in [3.8, 4) is 5.75 Å². The van der Waals surface area contributed by atoms with Crippen LogP contribution in [-0.4, -0.2) is 36.3 Å². The summed E-state index contributed by atoms with van der Waals surface area (Å²) in [7, 11) is 3.91. The second kappa shape index (κ2) is 10.4. The summed E-state index contributed by atoms with van der Waals surface area (Å²) in [6.45, 7) is 3.75. The highest BCUT2D eigenvalue weighted by Crippen LogP contribution is 2.32. The van der Waals surface area contributed by atoms with Crippen molar-refractivity contribution in [3.63, 3.8) is 0 Å². The van der Waals surface area contributed by atoms with Crippen LogP contribution in [0.5, 0.6) is 5.75 Å². The SMILES string of the molecule is CCOC(=O)C1=C(C)N=c2sc(=Cc3cc(I)c(O)c(I)c3)c(=O)n2C1c1ccc(N(C)C)cc1. The van der Waals surface area contributed by atoms with Gasteiger partial charge in [0, 0.05) is 19.8 Å². The number of fused-ring (bicyclic) bond motifs is 1. The molecule has 4 rings (SSSR count). The molecular formula is C25H23I2N3O4S. The van der Waals surface area contributed by atoms with E-state index in [-0.39, 0.29) is 17.9 Å². The van der Waals surface area contributed by atoms with Gasteiger partial charge in [-0.2, -0.15) is 0 Å². The van der Waals surface area contributed by atoms with Crippen molar-refractivity contribution in [3.05, 3.63) is 85.6 Å². The number of aromatic nitrogens is 1. The summed E-state index contributed by atoms with van der Waals surface area (Å²) >= 11 is 5.41. The molecule has 1 N–H and O–H groups in total. The third kappa shape index (κ3) is 5.05. The molecule has 0 saturated carbocycles. The molecule has 1 atom stereocenters. The fourth-order valence-electron chi connectivity index (χ4n) is 3.88. The zero-order valence-corrected chi connectivity index (χ0v) is 24.6. The highest BCUT2D eigenvalue weighted by atomic mass is 127. The number of hydrogen-bond acceptors (Lipinski definition) is 7. The summed E-state index contributed by atoms with van der Waals surface area (Å²) in [6, 6.07) is 10.8. The smallest absolute Gasteiger partial charge is 0.338 e. The molecule has 0 saturated heterocycles. The first-order chi connectivity index (χ1) is 16.6. The number of ether oxygens (including phenoxy) is 1. The molecule has 0 fully saturated rings. The maximum atomic E-state index is 13.7. The lowest BCUT2D eigenvalue weighted by Gasteiger charge is -2.25. The van der Waals surface area contributed by atoms with E-state index in [0.29, 0.717) is 27.7 Å². The van der Waals surface area contributed by atoms with E-state index in [9.17, 15) is 14.7 Å². The first kappa shape index (κ1) is 25.9. The molecule has 10 heteroatoms. The second-order valence-electron chi connectivity index (χ2n) is 8.12. The van der Waals surface area contributed by atoms with Gasteiger partial charge in [-0.1, -0.05) is 23.5 Å². The molecule has 7 nitrogen and oxygen atoms in total. The molecule has 1 aliphatic rings. The van der Waals surface area contributed by atoms with Crippen molar-refractivity contribution >= 4 is 74.3 Å². The van der Waals surface area contributed by atoms with Gasteiger partial charge in [-0.25, -0.2) is 9.79 Å². The predicted octanol–water partition coefficient (Wildman–Crippen LogP) is 3.78. The molecule has 1 unspecified atom stereocenters. The van der Waals surface area contributed by atoms with Crippen molar-refractivity contribution in [1.29, 1.82) is 0 Å². The highest BCUT2D eigenvalue weighted by molar-refractivity contribution is 14.1. The van der Waals surface area contributed by atoms with Crippen molar-refractivity contribution in [1.82, 2.24) is 4.57 Å². The molecule has 0 bridgehead atoms. The number of halogens is 2. The summed E-state index contributed by atoms with van der Waals surface area (Å²) in [5.74, 6) is -0.256. The summed E-state index contributed by atoms with van der Waals surface area (Å²) < 4.78 is 8.83. The lowest BCUT2D eigenvalue weighted by molar-refractivity contribution is -0.139. The number of phenolic OH excluding ortho intramolecular Hbond substituents is 1. The van der Waals surface area contributed by atoms with Crippen molar-refractivity contribution < 1.29 is 14.6 Å². The summed E-state index contributed by atoms with van der Waals surface area (Å²) in [5, 5.41) is 10.1. The van der Waals surface area contributed by atoms with Gasteiger partial charge in [0.25, 0.3) is 5.56 Å². The van der Waals surface area contributed by atoms with E-state index in [1.807, 2.05) is 55.4 Å². The normalized spacial score (nSPS) is 15.6. The average Bonchev–Trinajstić information content (AvgIpc) is 3.11. The fraction of sp³-hybridized carbons (Fsp3) is 0.240. The minimum atomic E-state index is -0.649. The molecular weight excluding hydrogens is 692 g/mol. The van der Waals surface area contributed by atoms with Gasteiger partial charge in [0.15, 0.2) is 4.80 Å². The summed E-state index contributed by atoms with van der Waals surface area (Å²) in [4.78, 5) is 33.8. The third-order valence-electron chi connectivity index (χ3n) is 5.58. The first-order valence-corrected chi connectivity index (χ1v) is 13.7. The monoisotopic (exact) mass is 715 g/mol. The van der Waals surface area contributed by atoms with Gasteiger partial charge in [0.1, 0.15) is 5.75 Å². The fourth-order valence-corrected chi connectivity index (χ4v) is 6.74. The minimum Gasteiger partial charge on any atom is -0.506 e. The van der Waals surface area contributed by atoms with E-state index in [1.54, 1.807) is 24.5 Å². The van der Waals surface area contributed by atoms with E-state index in [0.717, 1.165) is 16.8 Å². The number of anilines is 1. The molecule has 1 aromatic heterocycles. The Balaban J connectivity index is 1.94. The van der Waals surface area contributed by atoms with Crippen LogP contribution >= 0.6 is 56.5 Å². The zero-order valence-electron chi connectivity index (χ0n) is 19.5. The Morgan fingerprint density at radius 2 is 1.86 bits per heavy atom. The topological polar surface area (TPSA) is 84.1 Å². The Kier molecular flexibility index (Phi) is 7.71. The molecule has 2 aromatic carbocycles. The van der Waals surface area contributed by atoms with Crippen molar-refractivity contribution in [2.24, 2.45) is 4.99 Å². The molecule has 2 heterocycles. The minimum absolute atomic E-state index is 0.223. The van der Waals surface area contributed by atoms with Crippen LogP contribution in [0.2, 0.25) is 0 Å². The standard InChI is InChI=1S/C25H23I2N3O4S/c1-5-34-24(33)20-13(2)28-25-30(21(20)15-6-8-16(9-7-15)29(3)4)23(32)19(35-25)12-14-10-17(26)22(31)18(27)11-14/h6-12,21,31H,5H2,1-4H3. The van der Waals surface area contributed by atoms with Crippen LogP contribution in [0, 0.1) is 7.14 Å². The first-order valence-electron chi connectivity index (χ1n) is 10.8. The molecule has 0 spiro atoms. The van der Waals surface area contributed by atoms with Crippen LogP contribution in [0.15, 0.2) is 57.5 Å². The number of aromatic hydroxyl groups is 1. The van der Waals surface area contributed by atoms with Gasteiger partial charge in [-0.3, -0.25) is 9.36 Å². The Morgan fingerprint density at radius 3 is 2.43 bits per heavy atom. The number of allylic oxidation sites excluding steroid dienone is 1.